The van der Waals surface area contributed by atoms with Crippen molar-refractivity contribution in [3.05, 3.63) is 23.8 Å². The first-order valence-electron chi connectivity index (χ1n) is 8.33. The number of hydrogen-bond donors (Lipinski definition) is 1. The van der Waals surface area contributed by atoms with E-state index in [0.29, 0.717) is 30.3 Å². The van der Waals surface area contributed by atoms with E-state index in [4.69, 9.17) is 14.2 Å². The summed E-state index contributed by atoms with van der Waals surface area (Å²) in [7, 11) is 0. The maximum absolute atomic E-state index is 12.5. The van der Waals surface area contributed by atoms with Gasteiger partial charge < -0.3 is 19.5 Å². The SMILES string of the molecule is O=C(N[C@@H]1COC[C@H]1N1CCCCC1)c1ccc2c(c1)OCO2. The fraction of sp³-hybridized carbons (Fsp3) is 0.588. The molecular weight excluding hydrogens is 296 g/mol. The third kappa shape index (κ3) is 3.01. The van der Waals surface area contributed by atoms with E-state index in [-0.39, 0.29) is 24.8 Å². The molecule has 0 radical (unpaired) electrons. The molecule has 1 N–H and O–H groups in total. The van der Waals surface area contributed by atoms with Crippen LogP contribution in [0, 0.1) is 0 Å². The molecule has 3 heterocycles. The van der Waals surface area contributed by atoms with Crippen molar-refractivity contribution < 1.29 is 19.0 Å². The van der Waals surface area contributed by atoms with Crippen LogP contribution in [0.5, 0.6) is 11.5 Å². The van der Waals surface area contributed by atoms with Gasteiger partial charge in [0.2, 0.25) is 6.79 Å². The second-order valence-corrected chi connectivity index (χ2v) is 6.35. The molecule has 2 atom stereocenters. The van der Waals surface area contributed by atoms with Gasteiger partial charge in [-0.25, -0.2) is 0 Å². The lowest BCUT2D eigenvalue weighted by Gasteiger charge is -2.34. The van der Waals surface area contributed by atoms with Crippen molar-refractivity contribution in [2.75, 3.05) is 33.1 Å². The molecule has 6 nitrogen and oxygen atoms in total. The maximum Gasteiger partial charge on any atom is 0.251 e. The van der Waals surface area contributed by atoms with Crippen LogP contribution >= 0.6 is 0 Å². The molecule has 23 heavy (non-hydrogen) atoms. The van der Waals surface area contributed by atoms with Gasteiger partial charge in [0.15, 0.2) is 11.5 Å². The molecule has 2 saturated heterocycles. The van der Waals surface area contributed by atoms with E-state index in [1.165, 1.54) is 19.3 Å². The molecule has 2 fully saturated rings. The number of nitrogens with one attached hydrogen (secondary N) is 1. The van der Waals surface area contributed by atoms with Gasteiger partial charge in [0.25, 0.3) is 5.91 Å². The number of rotatable bonds is 3. The second-order valence-electron chi connectivity index (χ2n) is 6.35. The van der Waals surface area contributed by atoms with Gasteiger partial charge in [0.05, 0.1) is 25.3 Å². The third-order valence-corrected chi connectivity index (χ3v) is 4.86. The first kappa shape index (κ1) is 14.8. The minimum Gasteiger partial charge on any atom is -0.454 e. The van der Waals surface area contributed by atoms with Crippen molar-refractivity contribution in [2.45, 2.75) is 31.3 Å². The highest BCUT2D eigenvalue weighted by atomic mass is 16.7. The van der Waals surface area contributed by atoms with E-state index in [2.05, 4.69) is 10.2 Å². The molecule has 0 saturated carbocycles. The van der Waals surface area contributed by atoms with Gasteiger partial charge in [0, 0.05) is 5.56 Å². The quantitative estimate of drug-likeness (QED) is 0.913. The van der Waals surface area contributed by atoms with Gasteiger partial charge >= 0.3 is 0 Å². The van der Waals surface area contributed by atoms with Crippen molar-refractivity contribution in [1.29, 1.82) is 0 Å². The number of amides is 1. The summed E-state index contributed by atoms with van der Waals surface area (Å²) in [6.45, 7) is 3.70. The molecule has 1 aromatic rings. The van der Waals surface area contributed by atoms with Gasteiger partial charge in [-0.3, -0.25) is 9.69 Å². The van der Waals surface area contributed by atoms with Crippen LogP contribution in [0.4, 0.5) is 0 Å². The molecule has 124 valence electrons. The lowest BCUT2D eigenvalue weighted by atomic mass is 10.0. The summed E-state index contributed by atoms with van der Waals surface area (Å²) in [5.74, 6) is 1.24. The highest BCUT2D eigenvalue weighted by Crippen LogP contribution is 2.32. The number of hydrogen-bond acceptors (Lipinski definition) is 5. The van der Waals surface area contributed by atoms with Gasteiger partial charge in [0.1, 0.15) is 0 Å². The Morgan fingerprint density at radius 2 is 1.91 bits per heavy atom. The normalized spacial score (nSPS) is 27.1. The standard InChI is InChI=1S/C17H22N2O4/c20-17(12-4-5-15-16(8-12)23-11-22-15)18-13-9-21-10-14(13)19-6-2-1-3-7-19/h4-5,8,13-14H,1-3,6-7,9-11H2,(H,18,20)/t13-,14-/m1/s1. The first-order valence-corrected chi connectivity index (χ1v) is 8.33. The van der Waals surface area contributed by atoms with Crippen molar-refractivity contribution in [3.63, 3.8) is 0 Å². The van der Waals surface area contributed by atoms with Gasteiger partial charge in [-0.2, -0.15) is 0 Å². The van der Waals surface area contributed by atoms with E-state index in [1.54, 1.807) is 18.2 Å². The minimum atomic E-state index is -0.0826. The molecular formula is C17H22N2O4. The maximum atomic E-state index is 12.5. The molecule has 3 aliphatic rings. The van der Waals surface area contributed by atoms with E-state index >= 15 is 0 Å². The Morgan fingerprint density at radius 3 is 2.78 bits per heavy atom. The first-order chi connectivity index (χ1) is 11.3. The molecule has 0 aromatic heterocycles. The molecule has 0 unspecified atom stereocenters. The molecule has 3 aliphatic heterocycles. The van der Waals surface area contributed by atoms with Crippen LogP contribution in [-0.2, 0) is 4.74 Å². The molecule has 0 bridgehead atoms. The third-order valence-electron chi connectivity index (χ3n) is 4.86. The molecule has 4 rings (SSSR count). The monoisotopic (exact) mass is 318 g/mol. The lowest BCUT2D eigenvalue weighted by Crippen LogP contribution is -2.52. The highest BCUT2D eigenvalue weighted by molar-refractivity contribution is 5.95. The van der Waals surface area contributed by atoms with Crippen molar-refractivity contribution in [1.82, 2.24) is 10.2 Å². The summed E-state index contributed by atoms with van der Waals surface area (Å²) in [6.07, 6.45) is 3.77. The average Bonchev–Trinajstić information content (AvgIpc) is 3.23. The minimum absolute atomic E-state index is 0.0472. The van der Waals surface area contributed by atoms with Crippen LogP contribution in [0.3, 0.4) is 0 Å². The second kappa shape index (κ2) is 6.37. The Balaban J connectivity index is 1.43. The number of fused-ring (bicyclic) bond motifs is 1. The topological polar surface area (TPSA) is 60.0 Å². The molecule has 0 spiro atoms. The molecule has 6 heteroatoms. The number of nitrogens with zero attached hydrogens (tertiary/aromatic N) is 1. The Bertz CT molecular complexity index is 586. The van der Waals surface area contributed by atoms with Gasteiger partial charge in [-0.15, -0.1) is 0 Å². The number of likely N-dealkylation sites (tertiary alicyclic amines) is 1. The van der Waals surface area contributed by atoms with Crippen molar-refractivity contribution >= 4 is 5.91 Å². The number of carbonyl (C=O) groups excluding carboxylic acids is 1. The van der Waals surface area contributed by atoms with E-state index in [1.807, 2.05) is 0 Å². The number of piperidine rings is 1. The van der Waals surface area contributed by atoms with Crippen molar-refractivity contribution in [2.24, 2.45) is 0 Å². The van der Waals surface area contributed by atoms with E-state index in [0.717, 1.165) is 13.1 Å². The summed E-state index contributed by atoms with van der Waals surface area (Å²) in [6, 6.07) is 5.63. The number of carbonyl (C=O) groups is 1. The van der Waals surface area contributed by atoms with Crippen LogP contribution in [0.15, 0.2) is 18.2 Å². The Morgan fingerprint density at radius 1 is 1.09 bits per heavy atom. The summed E-state index contributed by atoms with van der Waals surface area (Å²) >= 11 is 0. The lowest BCUT2D eigenvalue weighted by molar-refractivity contribution is 0.0899. The summed E-state index contributed by atoms with van der Waals surface area (Å²) in [5, 5.41) is 3.13. The Kier molecular flexibility index (Phi) is 4.10. The van der Waals surface area contributed by atoms with Crippen LogP contribution < -0.4 is 14.8 Å². The van der Waals surface area contributed by atoms with Crippen molar-refractivity contribution in [3.8, 4) is 11.5 Å². The summed E-state index contributed by atoms with van der Waals surface area (Å²) < 4.78 is 16.3. The van der Waals surface area contributed by atoms with Crippen LogP contribution in [-0.4, -0.2) is 56.0 Å². The van der Waals surface area contributed by atoms with Gasteiger partial charge in [-0.05, 0) is 44.1 Å². The van der Waals surface area contributed by atoms with E-state index < -0.39 is 0 Å². The zero-order valence-corrected chi connectivity index (χ0v) is 13.1. The highest BCUT2D eigenvalue weighted by Gasteiger charge is 2.34. The Labute approximate surface area is 135 Å². The zero-order valence-electron chi connectivity index (χ0n) is 13.1. The van der Waals surface area contributed by atoms with Crippen LogP contribution in [0.1, 0.15) is 29.6 Å². The largest absolute Gasteiger partial charge is 0.454 e. The summed E-state index contributed by atoms with van der Waals surface area (Å²) in [4.78, 5) is 15.0. The van der Waals surface area contributed by atoms with E-state index in [9.17, 15) is 4.79 Å². The fourth-order valence-electron chi connectivity index (χ4n) is 3.58. The fourth-order valence-corrected chi connectivity index (χ4v) is 3.58. The molecule has 0 aliphatic carbocycles. The number of benzene rings is 1. The smallest absolute Gasteiger partial charge is 0.251 e. The molecule has 1 amide bonds. The Hall–Kier alpha value is -1.79. The summed E-state index contributed by atoms with van der Waals surface area (Å²) in [5.41, 5.74) is 0.596. The predicted octanol–water partition coefficient (Wildman–Crippen LogP) is 1.40. The predicted molar refractivity (Wildman–Crippen MR) is 83.9 cm³/mol. The number of ether oxygens (including phenoxy) is 3. The zero-order chi connectivity index (χ0) is 15.6. The molecule has 1 aromatic carbocycles. The average molecular weight is 318 g/mol. The van der Waals surface area contributed by atoms with Gasteiger partial charge in [-0.1, -0.05) is 6.42 Å². The van der Waals surface area contributed by atoms with Crippen LogP contribution in [0.2, 0.25) is 0 Å². The van der Waals surface area contributed by atoms with Crippen LogP contribution in [0.25, 0.3) is 0 Å².